The third-order valence-electron chi connectivity index (χ3n) is 4.44. The third-order valence-corrected chi connectivity index (χ3v) is 4.44. The number of carbonyl (C=O) groups excluding carboxylic acids is 1. The largest absolute Gasteiger partial charge is 0.527 e. The molecule has 0 N–H and O–H groups in total. The summed E-state index contributed by atoms with van der Waals surface area (Å²) in [6, 6.07) is 4.06. The van der Waals surface area contributed by atoms with E-state index in [0.717, 1.165) is 12.1 Å². The summed E-state index contributed by atoms with van der Waals surface area (Å²) in [6.07, 6.45) is -9.77. The Bertz CT molecular complexity index is 990. The highest BCUT2D eigenvalue weighted by molar-refractivity contribution is 5.91. The summed E-state index contributed by atoms with van der Waals surface area (Å²) in [6.45, 7) is 4.01. The maximum Gasteiger partial charge on any atom is 0.527 e. The molecule has 1 aliphatic rings. The molecule has 3 rings (SSSR count). The Morgan fingerprint density at radius 1 is 1.00 bits per heavy atom. The molecule has 1 heterocycles. The van der Waals surface area contributed by atoms with Gasteiger partial charge in [-0.2, -0.15) is 8.78 Å². The SMILES string of the molecule is C=CC1COC(c2cc(F)c(C(=O)Oc3ccc(C(F)(F)OC(F)(F)F)cc3)c(F)c2)OC1. The summed E-state index contributed by atoms with van der Waals surface area (Å²) in [5, 5.41) is 0. The molecule has 0 atom stereocenters. The zero-order valence-corrected chi connectivity index (χ0v) is 16.5. The van der Waals surface area contributed by atoms with Crippen LogP contribution in [0, 0.1) is 17.6 Å². The van der Waals surface area contributed by atoms with Gasteiger partial charge in [0.25, 0.3) is 0 Å². The molecule has 0 bridgehead atoms. The maximum atomic E-state index is 14.4. The molecule has 1 aliphatic heterocycles. The van der Waals surface area contributed by atoms with Crippen LogP contribution >= 0.6 is 0 Å². The third kappa shape index (κ3) is 6.09. The van der Waals surface area contributed by atoms with Crippen LogP contribution in [-0.2, 0) is 20.3 Å². The average molecular weight is 480 g/mol. The monoisotopic (exact) mass is 480 g/mol. The van der Waals surface area contributed by atoms with Crippen LogP contribution in [0.4, 0.5) is 30.7 Å². The van der Waals surface area contributed by atoms with Crippen molar-refractivity contribution in [2.75, 3.05) is 13.2 Å². The standard InChI is InChI=1S/C21H15F7O5/c1-2-11-9-30-19(31-10-11)12-7-15(22)17(16(23)8-12)18(29)32-14-5-3-13(4-6-14)20(24,25)33-21(26,27)28/h2-8,11,19H,1,9-10H2. The first-order valence-electron chi connectivity index (χ1n) is 9.22. The van der Waals surface area contributed by atoms with Gasteiger partial charge >= 0.3 is 18.4 Å². The van der Waals surface area contributed by atoms with Crippen LogP contribution < -0.4 is 4.74 Å². The van der Waals surface area contributed by atoms with Crippen molar-refractivity contribution in [3.05, 3.63) is 77.4 Å². The lowest BCUT2D eigenvalue weighted by Gasteiger charge is -2.28. The predicted octanol–water partition coefficient (Wildman–Crippen LogP) is 5.62. The smallest absolute Gasteiger partial charge is 0.423 e. The molecule has 1 fully saturated rings. The van der Waals surface area contributed by atoms with Gasteiger partial charge in [0.05, 0.1) is 18.8 Å². The van der Waals surface area contributed by atoms with Gasteiger partial charge in [0, 0.05) is 11.5 Å². The minimum absolute atomic E-state index is 0.0275. The Balaban J connectivity index is 1.72. The normalized spacial score (nSPS) is 19.2. The van der Waals surface area contributed by atoms with Crippen molar-refractivity contribution < 1.29 is 54.5 Å². The van der Waals surface area contributed by atoms with Crippen molar-refractivity contribution in [1.82, 2.24) is 0 Å². The highest BCUT2D eigenvalue weighted by atomic mass is 19.4. The van der Waals surface area contributed by atoms with Crippen LogP contribution in [0.3, 0.4) is 0 Å². The van der Waals surface area contributed by atoms with Crippen LogP contribution in [-0.4, -0.2) is 25.5 Å². The van der Waals surface area contributed by atoms with Gasteiger partial charge < -0.3 is 14.2 Å². The molecule has 178 valence electrons. The van der Waals surface area contributed by atoms with Gasteiger partial charge in [-0.3, -0.25) is 0 Å². The number of ether oxygens (including phenoxy) is 4. The number of hydrogen-bond acceptors (Lipinski definition) is 5. The number of esters is 1. The maximum absolute atomic E-state index is 14.4. The van der Waals surface area contributed by atoms with E-state index >= 15 is 0 Å². The van der Waals surface area contributed by atoms with E-state index in [9.17, 15) is 35.5 Å². The highest BCUT2D eigenvalue weighted by Gasteiger charge is 2.46. The second-order valence-corrected chi connectivity index (χ2v) is 6.83. The molecule has 5 nitrogen and oxygen atoms in total. The zero-order chi connectivity index (χ0) is 24.4. The summed E-state index contributed by atoms with van der Waals surface area (Å²) in [5.74, 6) is -4.63. The average Bonchev–Trinajstić information content (AvgIpc) is 2.72. The second kappa shape index (κ2) is 9.49. The van der Waals surface area contributed by atoms with Crippen molar-refractivity contribution in [3.63, 3.8) is 0 Å². The fourth-order valence-corrected chi connectivity index (χ4v) is 2.85. The highest BCUT2D eigenvalue weighted by Crippen LogP contribution is 2.37. The number of alkyl halides is 5. The van der Waals surface area contributed by atoms with Crippen molar-refractivity contribution >= 4 is 5.97 Å². The van der Waals surface area contributed by atoms with Crippen LogP contribution in [0.2, 0.25) is 0 Å². The fourth-order valence-electron chi connectivity index (χ4n) is 2.85. The van der Waals surface area contributed by atoms with Crippen molar-refractivity contribution in [2.24, 2.45) is 5.92 Å². The van der Waals surface area contributed by atoms with Crippen LogP contribution in [0.15, 0.2) is 49.1 Å². The molecule has 12 heteroatoms. The molecule has 0 amide bonds. The Kier molecular flexibility index (Phi) is 7.10. The van der Waals surface area contributed by atoms with E-state index in [1.165, 1.54) is 0 Å². The molecule has 2 aromatic rings. The molecule has 0 unspecified atom stereocenters. The van der Waals surface area contributed by atoms with E-state index in [-0.39, 0.29) is 24.7 Å². The Labute approximate surface area is 182 Å². The Morgan fingerprint density at radius 3 is 2.03 bits per heavy atom. The number of carbonyl (C=O) groups is 1. The molecule has 0 radical (unpaired) electrons. The van der Waals surface area contributed by atoms with Gasteiger partial charge in [0.1, 0.15) is 22.9 Å². The second-order valence-electron chi connectivity index (χ2n) is 6.83. The van der Waals surface area contributed by atoms with E-state index in [0.29, 0.717) is 24.3 Å². The molecule has 33 heavy (non-hydrogen) atoms. The summed E-state index contributed by atoms with van der Waals surface area (Å²) in [7, 11) is 0. The first-order valence-corrected chi connectivity index (χ1v) is 9.22. The molecule has 1 saturated heterocycles. The van der Waals surface area contributed by atoms with E-state index in [1.54, 1.807) is 6.08 Å². The van der Waals surface area contributed by atoms with Gasteiger partial charge in [-0.05, 0) is 36.4 Å². The van der Waals surface area contributed by atoms with Gasteiger partial charge in [-0.15, -0.1) is 19.8 Å². The summed E-state index contributed by atoms with van der Waals surface area (Å²) in [5.41, 5.74) is -2.29. The summed E-state index contributed by atoms with van der Waals surface area (Å²) in [4.78, 5) is 12.2. The predicted molar refractivity (Wildman–Crippen MR) is 97.1 cm³/mol. The Morgan fingerprint density at radius 2 is 1.55 bits per heavy atom. The van der Waals surface area contributed by atoms with E-state index < -0.39 is 53.2 Å². The van der Waals surface area contributed by atoms with Crippen molar-refractivity contribution in [3.8, 4) is 5.75 Å². The molecule has 0 spiro atoms. The van der Waals surface area contributed by atoms with Crippen LogP contribution in [0.5, 0.6) is 5.75 Å². The first kappa shape index (κ1) is 24.7. The van der Waals surface area contributed by atoms with Crippen LogP contribution in [0.25, 0.3) is 0 Å². The van der Waals surface area contributed by atoms with Gasteiger partial charge in [-0.1, -0.05) is 6.08 Å². The number of hydrogen-bond donors (Lipinski definition) is 0. The van der Waals surface area contributed by atoms with Crippen molar-refractivity contribution in [1.29, 1.82) is 0 Å². The summed E-state index contributed by atoms with van der Waals surface area (Å²) < 4.78 is 110. The lowest BCUT2D eigenvalue weighted by Crippen LogP contribution is -2.27. The van der Waals surface area contributed by atoms with Crippen molar-refractivity contribution in [2.45, 2.75) is 18.8 Å². The van der Waals surface area contributed by atoms with E-state index in [1.807, 2.05) is 0 Å². The lowest BCUT2D eigenvalue weighted by atomic mass is 10.1. The molecule has 0 aromatic heterocycles. The fraction of sp³-hybridized carbons (Fsp3) is 0.286. The molecule has 0 aliphatic carbocycles. The number of benzene rings is 2. The number of halogens is 7. The summed E-state index contributed by atoms with van der Waals surface area (Å²) >= 11 is 0. The molecular weight excluding hydrogens is 465 g/mol. The molecule has 2 aromatic carbocycles. The molecule has 0 saturated carbocycles. The van der Waals surface area contributed by atoms with Gasteiger partial charge in [-0.25, -0.2) is 18.3 Å². The van der Waals surface area contributed by atoms with E-state index in [2.05, 4.69) is 11.3 Å². The van der Waals surface area contributed by atoms with Gasteiger partial charge in [0.15, 0.2) is 6.29 Å². The topological polar surface area (TPSA) is 54.0 Å². The number of rotatable bonds is 6. The first-order chi connectivity index (χ1) is 15.4. The zero-order valence-electron chi connectivity index (χ0n) is 16.5. The Hall–Kier alpha value is -2.96. The van der Waals surface area contributed by atoms with Gasteiger partial charge in [0.2, 0.25) is 0 Å². The molecular formula is C21H15F7O5. The lowest BCUT2D eigenvalue weighted by molar-refractivity contribution is -0.431. The van der Waals surface area contributed by atoms with Crippen LogP contribution in [0.1, 0.15) is 27.8 Å². The minimum Gasteiger partial charge on any atom is -0.423 e. The quantitative estimate of drug-likeness (QED) is 0.233. The minimum atomic E-state index is -5.60. The van der Waals surface area contributed by atoms with E-state index in [4.69, 9.17) is 14.2 Å².